The molecule has 0 aliphatic rings. The summed E-state index contributed by atoms with van der Waals surface area (Å²) in [6.07, 6.45) is 2.09. The molecule has 2 N–H and O–H groups in total. The predicted molar refractivity (Wildman–Crippen MR) is 116 cm³/mol. The van der Waals surface area contributed by atoms with Gasteiger partial charge in [0.05, 0.1) is 18.6 Å². The highest BCUT2D eigenvalue weighted by Crippen LogP contribution is 2.17. The van der Waals surface area contributed by atoms with Gasteiger partial charge in [0.1, 0.15) is 5.75 Å². The first-order valence-corrected chi connectivity index (χ1v) is 10.2. The quantitative estimate of drug-likeness (QED) is 0.633. The molecule has 0 aromatic heterocycles. The number of amides is 2. The summed E-state index contributed by atoms with van der Waals surface area (Å²) in [5.74, 6) is 0.653. The van der Waals surface area contributed by atoms with Gasteiger partial charge in [-0.1, -0.05) is 42.5 Å². The summed E-state index contributed by atoms with van der Waals surface area (Å²) in [6.45, 7) is 7.48. The number of nitrogens with one attached hydrogen (secondary N) is 2. The van der Waals surface area contributed by atoms with E-state index < -0.39 is 0 Å². The summed E-state index contributed by atoms with van der Waals surface area (Å²) in [5, 5.41) is 5.91. The lowest BCUT2D eigenvalue weighted by Crippen LogP contribution is -2.37. The highest BCUT2D eigenvalue weighted by Gasteiger charge is 2.18. The van der Waals surface area contributed by atoms with Crippen molar-refractivity contribution in [3.05, 3.63) is 65.7 Å². The molecule has 156 valence electrons. The van der Waals surface area contributed by atoms with Crippen molar-refractivity contribution in [3.8, 4) is 5.75 Å². The van der Waals surface area contributed by atoms with Crippen molar-refractivity contribution in [2.24, 2.45) is 0 Å². The van der Waals surface area contributed by atoms with Crippen LogP contribution in [0.3, 0.4) is 0 Å². The summed E-state index contributed by atoms with van der Waals surface area (Å²) in [5.41, 5.74) is 2.14. The van der Waals surface area contributed by atoms with Gasteiger partial charge in [-0.05, 0) is 56.9 Å². The van der Waals surface area contributed by atoms with Crippen molar-refractivity contribution in [1.82, 2.24) is 10.6 Å². The minimum atomic E-state index is -0.325. The van der Waals surface area contributed by atoms with Crippen molar-refractivity contribution < 1.29 is 14.3 Å². The molecular formula is C24H32N2O3. The van der Waals surface area contributed by atoms with Crippen LogP contribution in [0, 0.1) is 0 Å². The molecule has 0 radical (unpaired) electrons. The Morgan fingerprint density at radius 1 is 0.931 bits per heavy atom. The Morgan fingerprint density at radius 2 is 1.59 bits per heavy atom. The minimum Gasteiger partial charge on any atom is -0.491 e. The summed E-state index contributed by atoms with van der Waals surface area (Å²) in [6, 6.07) is 17.4. The molecule has 0 spiro atoms. The van der Waals surface area contributed by atoms with Crippen molar-refractivity contribution in [2.45, 2.75) is 65.1 Å². The van der Waals surface area contributed by atoms with Crippen LogP contribution in [0.2, 0.25) is 0 Å². The van der Waals surface area contributed by atoms with E-state index in [-0.39, 0.29) is 36.4 Å². The maximum absolute atomic E-state index is 12.5. The Morgan fingerprint density at radius 3 is 2.17 bits per heavy atom. The van der Waals surface area contributed by atoms with E-state index in [1.807, 2.05) is 63.2 Å². The molecule has 0 bridgehead atoms. The molecule has 5 heteroatoms. The van der Waals surface area contributed by atoms with E-state index in [2.05, 4.69) is 22.8 Å². The topological polar surface area (TPSA) is 67.4 Å². The van der Waals surface area contributed by atoms with Crippen molar-refractivity contribution in [1.29, 1.82) is 0 Å². The Kier molecular flexibility index (Phi) is 8.71. The molecule has 2 aromatic rings. The standard InChI is InChI=1S/C24H32N2O3/c1-17(2)29-22-14-12-20(13-15-22)11-10-18(3)25-24(28)16-23(26-19(4)27)21-8-6-5-7-9-21/h5-9,12-15,17-18,23H,10-11,16H2,1-4H3,(H,25,28)(H,26,27). The zero-order chi connectivity index (χ0) is 21.2. The van der Waals surface area contributed by atoms with Gasteiger partial charge in [-0.25, -0.2) is 0 Å². The van der Waals surface area contributed by atoms with Gasteiger partial charge in [0.25, 0.3) is 0 Å². The number of ether oxygens (including phenoxy) is 1. The van der Waals surface area contributed by atoms with E-state index in [1.54, 1.807) is 0 Å². The number of benzene rings is 2. The number of rotatable bonds is 10. The normalized spacial score (nSPS) is 12.9. The maximum Gasteiger partial charge on any atom is 0.222 e. The Bertz CT molecular complexity index is 772. The fourth-order valence-corrected chi connectivity index (χ4v) is 3.16. The molecule has 2 unspecified atom stereocenters. The Labute approximate surface area is 173 Å². The van der Waals surface area contributed by atoms with Gasteiger partial charge >= 0.3 is 0 Å². The SMILES string of the molecule is CC(=O)NC(CC(=O)NC(C)CCc1ccc(OC(C)C)cc1)c1ccccc1. The number of carbonyl (C=O) groups excluding carboxylic acids is 2. The second-order valence-electron chi connectivity index (χ2n) is 7.69. The number of hydrogen-bond donors (Lipinski definition) is 2. The van der Waals surface area contributed by atoms with Gasteiger partial charge < -0.3 is 15.4 Å². The molecule has 2 atom stereocenters. The summed E-state index contributed by atoms with van der Waals surface area (Å²) >= 11 is 0. The molecule has 2 amide bonds. The van der Waals surface area contributed by atoms with Gasteiger partial charge in [-0.2, -0.15) is 0 Å². The van der Waals surface area contributed by atoms with Crippen LogP contribution in [-0.2, 0) is 16.0 Å². The van der Waals surface area contributed by atoms with Gasteiger partial charge in [-0.15, -0.1) is 0 Å². The molecule has 0 aliphatic heterocycles. The zero-order valence-corrected chi connectivity index (χ0v) is 17.8. The molecule has 2 aromatic carbocycles. The van der Waals surface area contributed by atoms with Crippen LogP contribution in [-0.4, -0.2) is 24.0 Å². The summed E-state index contributed by atoms with van der Waals surface area (Å²) < 4.78 is 5.66. The molecule has 29 heavy (non-hydrogen) atoms. The number of carbonyl (C=O) groups is 2. The average Bonchev–Trinajstić information content (AvgIpc) is 2.67. The van der Waals surface area contributed by atoms with Crippen LogP contribution in [0.15, 0.2) is 54.6 Å². The van der Waals surface area contributed by atoms with Crippen molar-refractivity contribution in [3.63, 3.8) is 0 Å². The number of hydrogen-bond acceptors (Lipinski definition) is 3. The smallest absolute Gasteiger partial charge is 0.222 e. The zero-order valence-electron chi connectivity index (χ0n) is 17.8. The Balaban J connectivity index is 1.83. The first kappa shape index (κ1) is 22.5. The summed E-state index contributed by atoms with van der Waals surface area (Å²) in [4.78, 5) is 24.0. The fraction of sp³-hybridized carbons (Fsp3) is 0.417. The highest BCUT2D eigenvalue weighted by atomic mass is 16.5. The second kappa shape index (κ2) is 11.2. The lowest BCUT2D eigenvalue weighted by molar-refractivity contribution is -0.123. The predicted octanol–water partition coefficient (Wildman–Crippen LogP) is 4.18. The van der Waals surface area contributed by atoms with E-state index in [4.69, 9.17) is 4.74 Å². The third-order valence-corrected chi connectivity index (χ3v) is 4.54. The van der Waals surface area contributed by atoms with Gasteiger partial charge in [0.15, 0.2) is 0 Å². The van der Waals surface area contributed by atoms with Crippen molar-refractivity contribution in [2.75, 3.05) is 0 Å². The lowest BCUT2D eigenvalue weighted by Gasteiger charge is -2.20. The van der Waals surface area contributed by atoms with Gasteiger partial charge in [-0.3, -0.25) is 9.59 Å². The third-order valence-electron chi connectivity index (χ3n) is 4.54. The van der Waals surface area contributed by atoms with Crippen LogP contribution in [0.1, 0.15) is 57.7 Å². The lowest BCUT2D eigenvalue weighted by atomic mass is 10.0. The molecule has 0 saturated carbocycles. The van der Waals surface area contributed by atoms with Crippen LogP contribution in [0.25, 0.3) is 0 Å². The molecule has 0 saturated heterocycles. The van der Waals surface area contributed by atoms with E-state index in [0.717, 1.165) is 24.2 Å². The van der Waals surface area contributed by atoms with E-state index in [9.17, 15) is 9.59 Å². The second-order valence-corrected chi connectivity index (χ2v) is 7.69. The van der Waals surface area contributed by atoms with E-state index in [0.29, 0.717) is 0 Å². The first-order chi connectivity index (χ1) is 13.8. The Hall–Kier alpha value is -2.82. The number of aryl methyl sites for hydroxylation is 1. The molecule has 0 aliphatic carbocycles. The monoisotopic (exact) mass is 396 g/mol. The highest BCUT2D eigenvalue weighted by molar-refractivity contribution is 5.79. The molecule has 2 rings (SSSR count). The van der Waals surface area contributed by atoms with E-state index in [1.165, 1.54) is 12.5 Å². The van der Waals surface area contributed by atoms with Crippen LogP contribution < -0.4 is 15.4 Å². The average molecular weight is 397 g/mol. The summed E-state index contributed by atoms with van der Waals surface area (Å²) in [7, 11) is 0. The fourth-order valence-electron chi connectivity index (χ4n) is 3.16. The molecule has 0 heterocycles. The van der Waals surface area contributed by atoms with Crippen LogP contribution in [0.5, 0.6) is 5.75 Å². The van der Waals surface area contributed by atoms with Crippen molar-refractivity contribution >= 4 is 11.8 Å². The van der Waals surface area contributed by atoms with Gasteiger partial charge in [0, 0.05) is 13.0 Å². The van der Waals surface area contributed by atoms with Crippen LogP contribution >= 0.6 is 0 Å². The van der Waals surface area contributed by atoms with Crippen LogP contribution in [0.4, 0.5) is 0 Å². The van der Waals surface area contributed by atoms with Gasteiger partial charge in [0.2, 0.25) is 11.8 Å². The molecule has 5 nitrogen and oxygen atoms in total. The van der Waals surface area contributed by atoms with E-state index >= 15 is 0 Å². The third kappa shape index (κ3) is 8.38. The minimum absolute atomic E-state index is 0.0443. The molecular weight excluding hydrogens is 364 g/mol. The largest absolute Gasteiger partial charge is 0.491 e. The molecule has 0 fully saturated rings. The first-order valence-electron chi connectivity index (χ1n) is 10.2. The maximum atomic E-state index is 12.5.